The molecule has 0 radical (unpaired) electrons. The number of ether oxygens (including phenoxy) is 1. The average Bonchev–Trinajstić information content (AvgIpc) is 2.48. The molecule has 2 N–H and O–H groups in total. The van der Waals surface area contributed by atoms with Gasteiger partial charge in [0.25, 0.3) is 0 Å². The maximum Gasteiger partial charge on any atom is 0.339 e. The fourth-order valence-corrected chi connectivity index (χ4v) is 1.89. The molecule has 0 atom stereocenters. The molecule has 0 amide bonds. The van der Waals surface area contributed by atoms with Crippen LogP contribution in [-0.4, -0.2) is 18.2 Å². The summed E-state index contributed by atoms with van der Waals surface area (Å²) in [5.41, 5.74) is 5.95. The molecule has 0 bridgehead atoms. The van der Waals surface area contributed by atoms with Crippen LogP contribution in [0.25, 0.3) is 0 Å². The van der Waals surface area contributed by atoms with Crippen LogP contribution < -0.4 is 15.1 Å². The Labute approximate surface area is 123 Å². The predicted molar refractivity (Wildman–Crippen MR) is 80.1 cm³/mol. The normalized spacial score (nSPS) is 10.0. The number of aromatic carboxylic acids is 1. The Hall–Kier alpha value is -2.69. The van der Waals surface area contributed by atoms with Gasteiger partial charge in [0.05, 0.1) is 12.8 Å². The third kappa shape index (κ3) is 3.25. The first-order valence-corrected chi connectivity index (χ1v) is 6.43. The summed E-state index contributed by atoms with van der Waals surface area (Å²) in [6, 6.07) is 10.4. The molecule has 5 nitrogen and oxygen atoms in total. The van der Waals surface area contributed by atoms with Gasteiger partial charge in [0.1, 0.15) is 11.3 Å². The first kappa shape index (κ1) is 14.7. The minimum Gasteiger partial charge on any atom is -0.496 e. The summed E-state index contributed by atoms with van der Waals surface area (Å²) >= 11 is 0. The van der Waals surface area contributed by atoms with Crippen LogP contribution in [0.5, 0.6) is 11.5 Å². The first-order valence-electron chi connectivity index (χ1n) is 6.43. The van der Waals surface area contributed by atoms with Gasteiger partial charge in [-0.25, -0.2) is 10.3 Å². The van der Waals surface area contributed by atoms with Gasteiger partial charge in [-0.15, -0.1) is 0 Å². The molecular weight excluding hydrogens is 270 g/mol. The van der Waals surface area contributed by atoms with E-state index in [1.54, 1.807) is 12.1 Å². The van der Waals surface area contributed by atoms with Crippen LogP contribution in [0.4, 0.5) is 5.69 Å². The second-order valence-electron chi connectivity index (χ2n) is 4.62. The van der Waals surface area contributed by atoms with Crippen molar-refractivity contribution >= 4 is 11.7 Å². The summed E-state index contributed by atoms with van der Waals surface area (Å²) in [7, 11) is 1.43. The number of rotatable bonds is 5. The summed E-state index contributed by atoms with van der Waals surface area (Å²) in [5.74, 6) is -0.375. The van der Waals surface area contributed by atoms with Gasteiger partial charge in [0, 0.05) is 6.07 Å². The van der Waals surface area contributed by atoms with E-state index in [0.29, 0.717) is 11.5 Å². The number of carboxylic acid groups (broad SMARTS) is 1. The number of methoxy groups -OCH3 is 1. The third-order valence-electron chi connectivity index (χ3n) is 3.28. The number of benzene rings is 2. The Morgan fingerprint density at radius 3 is 2.62 bits per heavy atom. The molecule has 0 aromatic heterocycles. The molecule has 110 valence electrons. The topological polar surface area (TPSA) is 67.8 Å². The minimum absolute atomic E-state index is 0.0535. The molecule has 2 rings (SSSR count). The molecule has 0 aliphatic carbocycles. The van der Waals surface area contributed by atoms with E-state index in [1.165, 1.54) is 13.2 Å². The second kappa shape index (κ2) is 6.17. The molecule has 2 aromatic carbocycles. The first-order chi connectivity index (χ1) is 10.0. The molecular formula is C16H17NO4. The van der Waals surface area contributed by atoms with Crippen LogP contribution in [0.2, 0.25) is 0 Å². The Morgan fingerprint density at radius 2 is 1.95 bits per heavy atom. The molecule has 0 saturated carbocycles. The van der Waals surface area contributed by atoms with E-state index in [1.807, 2.05) is 32.0 Å². The lowest BCUT2D eigenvalue weighted by Crippen LogP contribution is -2.08. The maximum absolute atomic E-state index is 11.1. The minimum atomic E-state index is -1.07. The van der Waals surface area contributed by atoms with Crippen molar-refractivity contribution in [3.8, 4) is 11.5 Å². The van der Waals surface area contributed by atoms with Crippen molar-refractivity contribution in [3.05, 3.63) is 53.1 Å². The monoisotopic (exact) mass is 287 g/mol. The second-order valence-corrected chi connectivity index (χ2v) is 4.62. The van der Waals surface area contributed by atoms with Gasteiger partial charge in [-0.2, -0.15) is 0 Å². The lowest BCUT2D eigenvalue weighted by molar-refractivity contribution is 0.0693. The lowest BCUT2D eigenvalue weighted by atomic mass is 10.1. The molecule has 21 heavy (non-hydrogen) atoms. The van der Waals surface area contributed by atoms with Crippen molar-refractivity contribution in [1.29, 1.82) is 0 Å². The van der Waals surface area contributed by atoms with Gasteiger partial charge in [0.2, 0.25) is 0 Å². The highest BCUT2D eigenvalue weighted by atomic mass is 16.6. The van der Waals surface area contributed by atoms with Gasteiger partial charge >= 0.3 is 5.97 Å². The molecule has 0 spiro atoms. The molecule has 0 saturated heterocycles. The quantitative estimate of drug-likeness (QED) is 0.825. The van der Waals surface area contributed by atoms with Crippen LogP contribution in [0.3, 0.4) is 0 Å². The zero-order valence-electron chi connectivity index (χ0n) is 12.1. The van der Waals surface area contributed by atoms with Gasteiger partial charge in [-0.05, 0) is 43.2 Å². The number of carboxylic acids is 1. The number of nitrogens with one attached hydrogen (secondary N) is 1. The van der Waals surface area contributed by atoms with Crippen molar-refractivity contribution in [2.24, 2.45) is 0 Å². The molecule has 2 aromatic rings. The van der Waals surface area contributed by atoms with Gasteiger partial charge in [-0.3, -0.25) is 0 Å². The molecule has 0 unspecified atom stereocenters. The van der Waals surface area contributed by atoms with E-state index in [-0.39, 0.29) is 5.56 Å². The van der Waals surface area contributed by atoms with E-state index >= 15 is 0 Å². The lowest BCUT2D eigenvalue weighted by Gasteiger charge is -2.13. The SMILES string of the molecule is COc1ccc(ONc2cccc(C)c2C)cc1C(=O)O. The summed E-state index contributed by atoms with van der Waals surface area (Å²) in [6.45, 7) is 3.99. The van der Waals surface area contributed by atoms with E-state index in [4.69, 9.17) is 14.7 Å². The van der Waals surface area contributed by atoms with Gasteiger partial charge in [-0.1, -0.05) is 12.1 Å². The summed E-state index contributed by atoms with van der Waals surface area (Å²) in [4.78, 5) is 16.6. The van der Waals surface area contributed by atoms with Crippen LogP contribution in [0.15, 0.2) is 36.4 Å². The molecule has 0 fully saturated rings. The zero-order chi connectivity index (χ0) is 15.4. The average molecular weight is 287 g/mol. The van der Waals surface area contributed by atoms with E-state index in [9.17, 15) is 4.79 Å². The maximum atomic E-state index is 11.1. The van der Waals surface area contributed by atoms with Crippen molar-refractivity contribution in [1.82, 2.24) is 0 Å². The number of hydrogen-bond acceptors (Lipinski definition) is 4. The Morgan fingerprint density at radius 1 is 1.19 bits per heavy atom. The number of carbonyl (C=O) groups is 1. The standard InChI is InChI=1S/C16H17NO4/c1-10-5-4-6-14(11(10)2)17-21-12-7-8-15(20-3)13(9-12)16(18)19/h4-9,17H,1-3H3,(H,18,19). The Bertz CT molecular complexity index is 667. The summed E-state index contributed by atoms with van der Waals surface area (Å²) in [6.07, 6.45) is 0. The van der Waals surface area contributed by atoms with E-state index in [0.717, 1.165) is 16.8 Å². The highest BCUT2D eigenvalue weighted by Gasteiger charge is 2.12. The fraction of sp³-hybridized carbons (Fsp3) is 0.188. The number of aryl methyl sites for hydroxylation is 1. The van der Waals surface area contributed by atoms with Gasteiger partial charge < -0.3 is 14.7 Å². The van der Waals surface area contributed by atoms with Crippen molar-refractivity contribution in [3.63, 3.8) is 0 Å². The van der Waals surface area contributed by atoms with Gasteiger partial charge in [0.15, 0.2) is 5.75 Å². The fourth-order valence-electron chi connectivity index (χ4n) is 1.89. The number of anilines is 1. The van der Waals surface area contributed by atoms with Crippen molar-refractivity contribution < 1.29 is 19.5 Å². The van der Waals surface area contributed by atoms with Crippen LogP contribution in [0, 0.1) is 13.8 Å². The zero-order valence-corrected chi connectivity index (χ0v) is 12.1. The predicted octanol–water partition coefficient (Wildman–Crippen LogP) is 3.42. The third-order valence-corrected chi connectivity index (χ3v) is 3.28. The van der Waals surface area contributed by atoms with Crippen LogP contribution >= 0.6 is 0 Å². The Balaban J connectivity index is 2.19. The van der Waals surface area contributed by atoms with Crippen LogP contribution in [-0.2, 0) is 0 Å². The molecule has 5 heteroatoms. The van der Waals surface area contributed by atoms with Crippen molar-refractivity contribution in [2.45, 2.75) is 13.8 Å². The molecule has 0 aliphatic heterocycles. The largest absolute Gasteiger partial charge is 0.496 e. The Kier molecular flexibility index (Phi) is 4.33. The van der Waals surface area contributed by atoms with Crippen LogP contribution in [0.1, 0.15) is 21.5 Å². The number of hydrogen-bond donors (Lipinski definition) is 2. The smallest absolute Gasteiger partial charge is 0.339 e. The molecule has 0 heterocycles. The highest BCUT2D eigenvalue weighted by molar-refractivity contribution is 5.91. The summed E-state index contributed by atoms with van der Waals surface area (Å²) in [5, 5.41) is 9.13. The van der Waals surface area contributed by atoms with E-state index in [2.05, 4.69) is 5.48 Å². The van der Waals surface area contributed by atoms with E-state index < -0.39 is 5.97 Å². The summed E-state index contributed by atoms with van der Waals surface area (Å²) < 4.78 is 5.00. The molecule has 0 aliphatic rings. The highest BCUT2D eigenvalue weighted by Crippen LogP contribution is 2.25. The van der Waals surface area contributed by atoms with Crippen molar-refractivity contribution in [2.75, 3.05) is 12.6 Å².